The topological polar surface area (TPSA) is 76.1 Å². The molecule has 2 atom stereocenters. The summed E-state index contributed by atoms with van der Waals surface area (Å²) in [4.78, 5) is 25.7. The molecule has 1 fully saturated rings. The summed E-state index contributed by atoms with van der Waals surface area (Å²) in [6.45, 7) is 0.127. The van der Waals surface area contributed by atoms with Gasteiger partial charge in [-0.25, -0.2) is 4.79 Å². The zero-order valence-corrected chi connectivity index (χ0v) is 15.7. The summed E-state index contributed by atoms with van der Waals surface area (Å²) in [7, 11) is 3.16. The maximum absolute atomic E-state index is 12.9. The van der Waals surface area contributed by atoms with E-state index in [1.807, 2.05) is 12.1 Å². The van der Waals surface area contributed by atoms with Gasteiger partial charge in [0.05, 0.1) is 18.4 Å². The number of hydrogen-bond acceptors (Lipinski definition) is 4. The predicted octanol–water partition coefficient (Wildman–Crippen LogP) is 3.17. The summed E-state index contributed by atoms with van der Waals surface area (Å²) in [5, 5.41) is 9.35. The molecule has 0 heterocycles. The number of amides is 1. The number of carboxylic acid groups (broad SMARTS) is 1. The average molecular weight is 379 g/mol. The minimum Gasteiger partial charge on any atom is -0.493 e. The monoisotopic (exact) mass is 379 g/mol. The van der Waals surface area contributed by atoms with E-state index >= 15 is 0 Å². The number of terminal acetylenes is 1. The normalized spacial score (nSPS) is 17.3. The van der Waals surface area contributed by atoms with Gasteiger partial charge in [-0.15, -0.1) is 6.42 Å². The van der Waals surface area contributed by atoms with Gasteiger partial charge in [0, 0.05) is 13.0 Å². The number of anilines is 1. The molecule has 3 rings (SSSR count). The second-order valence-corrected chi connectivity index (χ2v) is 6.57. The highest BCUT2D eigenvalue weighted by Crippen LogP contribution is 2.50. The number of nitrogens with zero attached hydrogens (tertiary/aromatic N) is 1. The van der Waals surface area contributed by atoms with Crippen LogP contribution in [0.5, 0.6) is 11.5 Å². The molecule has 2 aromatic rings. The molecule has 1 aliphatic carbocycles. The Morgan fingerprint density at radius 2 is 2.00 bits per heavy atom. The van der Waals surface area contributed by atoms with Gasteiger partial charge in [-0.2, -0.15) is 0 Å². The summed E-state index contributed by atoms with van der Waals surface area (Å²) in [5.41, 5.74) is 1.45. The summed E-state index contributed by atoms with van der Waals surface area (Å²) in [6.07, 6.45) is 5.95. The van der Waals surface area contributed by atoms with Gasteiger partial charge in [-0.3, -0.25) is 4.79 Å². The quantitative estimate of drug-likeness (QED) is 0.748. The number of hydrogen-bond donors (Lipinski definition) is 1. The molecule has 2 unspecified atom stereocenters. The average Bonchev–Trinajstić information content (AvgIpc) is 3.51. The van der Waals surface area contributed by atoms with Gasteiger partial charge >= 0.3 is 5.97 Å². The third kappa shape index (κ3) is 3.79. The van der Waals surface area contributed by atoms with E-state index < -0.39 is 5.97 Å². The zero-order chi connectivity index (χ0) is 20.3. The van der Waals surface area contributed by atoms with Gasteiger partial charge in [0.1, 0.15) is 6.61 Å². The highest BCUT2D eigenvalue weighted by Gasteiger charge is 2.46. The van der Waals surface area contributed by atoms with Crippen molar-refractivity contribution in [2.75, 3.05) is 25.7 Å². The van der Waals surface area contributed by atoms with E-state index in [1.54, 1.807) is 38.4 Å². The highest BCUT2D eigenvalue weighted by atomic mass is 16.5. The molecule has 1 N–H and O–H groups in total. The van der Waals surface area contributed by atoms with Crippen LogP contribution in [0.1, 0.15) is 28.3 Å². The van der Waals surface area contributed by atoms with Crippen LogP contribution in [0, 0.1) is 18.3 Å². The molecule has 1 saturated carbocycles. The van der Waals surface area contributed by atoms with Gasteiger partial charge in [-0.05, 0) is 42.2 Å². The first-order chi connectivity index (χ1) is 13.5. The maximum Gasteiger partial charge on any atom is 0.337 e. The Kier molecular flexibility index (Phi) is 5.55. The van der Waals surface area contributed by atoms with Crippen molar-refractivity contribution in [2.24, 2.45) is 5.92 Å². The molecule has 6 nitrogen and oxygen atoms in total. The Bertz CT molecular complexity index is 946. The fraction of sp³-hybridized carbons (Fsp3) is 0.273. The molecule has 28 heavy (non-hydrogen) atoms. The molecule has 144 valence electrons. The minimum absolute atomic E-state index is 0.0473. The first-order valence-electron chi connectivity index (χ1n) is 8.82. The van der Waals surface area contributed by atoms with Gasteiger partial charge in [0.15, 0.2) is 11.5 Å². The fourth-order valence-corrected chi connectivity index (χ4v) is 3.31. The maximum atomic E-state index is 12.9. The number of ether oxygens (including phenoxy) is 2. The van der Waals surface area contributed by atoms with Crippen LogP contribution in [0.2, 0.25) is 0 Å². The van der Waals surface area contributed by atoms with Gasteiger partial charge < -0.3 is 19.5 Å². The van der Waals surface area contributed by atoms with Crippen molar-refractivity contribution >= 4 is 17.6 Å². The Balaban J connectivity index is 1.77. The van der Waals surface area contributed by atoms with E-state index in [0.29, 0.717) is 23.6 Å². The number of benzene rings is 2. The van der Waals surface area contributed by atoms with Crippen molar-refractivity contribution in [3.8, 4) is 23.8 Å². The molecule has 1 aliphatic rings. The Morgan fingerprint density at radius 3 is 2.68 bits per heavy atom. The lowest BCUT2D eigenvalue weighted by atomic mass is 10.1. The van der Waals surface area contributed by atoms with Crippen molar-refractivity contribution < 1.29 is 24.2 Å². The summed E-state index contributed by atoms with van der Waals surface area (Å²) < 4.78 is 10.8. The van der Waals surface area contributed by atoms with Crippen LogP contribution >= 0.6 is 0 Å². The molecular formula is C22H21NO5. The summed E-state index contributed by atoms with van der Waals surface area (Å²) in [5.74, 6) is 2.21. The third-order valence-electron chi connectivity index (χ3n) is 4.86. The molecule has 1 amide bonds. The molecule has 0 radical (unpaired) electrons. The molecule has 6 heteroatoms. The minimum atomic E-state index is -1.06. The Hall–Kier alpha value is -3.46. The Labute approximate surface area is 163 Å². The number of rotatable bonds is 7. The fourth-order valence-electron chi connectivity index (χ4n) is 3.31. The Morgan fingerprint density at radius 1 is 1.25 bits per heavy atom. The second kappa shape index (κ2) is 8.05. The first kappa shape index (κ1) is 19.3. The molecule has 2 aromatic carbocycles. The highest BCUT2D eigenvalue weighted by molar-refractivity contribution is 6.03. The first-order valence-corrected chi connectivity index (χ1v) is 8.82. The van der Waals surface area contributed by atoms with E-state index in [-0.39, 0.29) is 29.9 Å². The second-order valence-electron chi connectivity index (χ2n) is 6.57. The lowest BCUT2D eigenvalue weighted by Gasteiger charge is -2.19. The third-order valence-corrected chi connectivity index (χ3v) is 4.86. The predicted molar refractivity (Wildman–Crippen MR) is 105 cm³/mol. The van der Waals surface area contributed by atoms with Gasteiger partial charge in [0.25, 0.3) is 0 Å². The van der Waals surface area contributed by atoms with Crippen molar-refractivity contribution in [1.82, 2.24) is 0 Å². The smallest absolute Gasteiger partial charge is 0.337 e. The van der Waals surface area contributed by atoms with Crippen molar-refractivity contribution in [2.45, 2.75) is 12.3 Å². The van der Waals surface area contributed by atoms with E-state index in [2.05, 4.69) is 5.92 Å². The molecule has 0 aliphatic heterocycles. The van der Waals surface area contributed by atoms with E-state index in [1.165, 1.54) is 11.0 Å². The standard InChI is InChI=1S/C22H21NO5/c1-4-11-28-20-12-14(9-10-19(20)27-3)16-13-17(16)21(24)23(2)18-8-6-5-7-15(18)22(25)26/h1,5-10,12,16-17H,11,13H2,2-3H3,(H,25,26). The lowest BCUT2D eigenvalue weighted by Crippen LogP contribution is -2.29. The number of methoxy groups -OCH3 is 1. The van der Waals surface area contributed by atoms with Crippen LogP contribution < -0.4 is 14.4 Å². The van der Waals surface area contributed by atoms with E-state index in [4.69, 9.17) is 15.9 Å². The van der Waals surface area contributed by atoms with Gasteiger partial charge in [0.2, 0.25) is 5.91 Å². The summed E-state index contributed by atoms with van der Waals surface area (Å²) >= 11 is 0. The number of para-hydroxylation sites is 1. The van der Waals surface area contributed by atoms with Crippen LogP contribution in [0.3, 0.4) is 0 Å². The van der Waals surface area contributed by atoms with Crippen LogP contribution in [-0.4, -0.2) is 37.7 Å². The van der Waals surface area contributed by atoms with Crippen LogP contribution in [0.4, 0.5) is 5.69 Å². The molecular weight excluding hydrogens is 358 g/mol. The van der Waals surface area contributed by atoms with E-state index in [0.717, 1.165) is 5.56 Å². The zero-order valence-electron chi connectivity index (χ0n) is 15.7. The SMILES string of the molecule is C#CCOc1cc(C2CC2C(=O)N(C)c2ccccc2C(=O)O)ccc1OC. The number of carbonyl (C=O) groups excluding carboxylic acids is 1. The van der Waals surface area contributed by atoms with Crippen LogP contribution in [-0.2, 0) is 4.79 Å². The number of carboxylic acids is 1. The van der Waals surface area contributed by atoms with Crippen LogP contribution in [0.25, 0.3) is 0 Å². The molecule has 0 spiro atoms. The number of carbonyl (C=O) groups is 2. The largest absolute Gasteiger partial charge is 0.493 e. The van der Waals surface area contributed by atoms with Crippen LogP contribution in [0.15, 0.2) is 42.5 Å². The number of aromatic carboxylic acids is 1. The van der Waals surface area contributed by atoms with Crippen molar-refractivity contribution in [3.05, 3.63) is 53.6 Å². The molecule has 0 aromatic heterocycles. The van der Waals surface area contributed by atoms with Gasteiger partial charge in [-0.1, -0.05) is 24.1 Å². The van der Waals surface area contributed by atoms with Crippen molar-refractivity contribution in [1.29, 1.82) is 0 Å². The molecule has 0 bridgehead atoms. The molecule has 0 saturated heterocycles. The summed E-state index contributed by atoms with van der Waals surface area (Å²) in [6, 6.07) is 12.0. The lowest BCUT2D eigenvalue weighted by molar-refractivity contribution is -0.119. The van der Waals surface area contributed by atoms with Crippen molar-refractivity contribution in [3.63, 3.8) is 0 Å². The van der Waals surface area contributed by atoms with E-state index in [9.17, 15) is 14.7 Å².